The van der Waals surface area contributed by atoms with E-state index in [1.807, 2.05) is 14.1 Å². The average Bonchev–Trinajstić information content (AvgIpc) is 3.09. The van der Waals surface area contributed by atoms with Gasteiger partial charge in [-0.15, -0.1) is 0 Å². The molecule has 10 heteroatoms. The highest BCUT2D eigenvalue weighted by molar-refractivity contribution is 7.89. The first-order chi connectivity index (χ1) is 13.2. The standard InChI is InChI=1S/C18H20F2N4O3S/c1-23(2)17-21-8-12-9-27-11-18(16(12)22-17)5-6-24(10-18)28(25,26)15-7-13(19)3-4-14(15)20/h3-4,7-8H,5-6,9-11H2,1-2H3/t18-/m0/s1. The van der Waals surface area contributed by atoms with Crippen LogP contribution < -0.4 is 4.90 Å². The molecule has 0 radical (unpaired) electrons. The van der Waals surface area contributed by atoms with Crippen molar-refractivity contribution in [3.8, 4) is 0 Å². The molecule has 0 amide bonds. The Labute approximate surface area is 162 Å². The van der Waals surface area contributed by atoms with Crippen LogP contribution in [0, 0.1) is 11.6 Å². The molecule has 0 N–H and O–H groups in total. The van der Waals surface area contributed by atoms with E-state index < -0.39 is 32.0 Å². The highest BCUT2D eigenvalue weighted by atomic mass is 32.2. The number of ether oxygens (including phenoxy) is 1. The Hall–Kier alpha value is -2.17. The fourth-order valence-electron chi connectivity index (χ4n) is 3.77. The summed E-state index contributed by atoms with van der Waals surface area (Å²) in [6, 6.07) is 2.43. The Morgan fingerprint density at radius 3 is 2.82 bits per heavy atom. The minimum Gasteiger partial charge on any atom is -0.376 e. The number of hydrogen-bond donors (Lipinski definition) is 0. The highest BCUT2D eigenvalue weighted by Crippen LogP contribution is 2.41. The van der Waals surface area contributed by atoms with E-state index in [0.717, 1.165) is 23.4 Å². The van der Waals surface area contributed by atoms with Crippen molar-refractivity contribution in [2.75, 3.05) is 38.7 Å². The molecular weight excluding hydrogens is 390 g/mol. The lowest BCUT2D eigenvalue weighted by Gasteiger charge is -2.34. The summed E-state index contributed by atoms with van der Waals surface area (Å²) in [5.41, 5.74) is 0.931. The summed E-state index contributed by atoms with van der Waals surface area (Å²) in [7, 11) is -0.537. The largest absolute Gasteiger partial charge is 0.376 e. The second-order valence-electron chi connectivity index (χ2n) is 7.37. The molecule has 0 unspecified atom stereocenters. The van der Waals surface area contributed by atoms with Crippen molar-refractivity contribution in [2.45, 2.75) is 23.3 Å². The average molecular weight is 410 g/mol. The van der Waals surface area contributed by atoms with Gasteiger partial charge in [-0.2, -0.15) is 4.31 Å². The van der Waals surface area contributed by atoms with Crippen LogP contribution in [0.2, 0.25) is 0 Å². The number of hydrogen-bond acceptors (Lipinski definition) is 6. The molecule has 1 aromatic carbocycles. The molecule has 1 saturated heterocycles. The monoisotopic (exact) mass is 410 g/mol. The SMILES string of the molecule is CN(C)c1ncc2c(n1)[C@]1(CCN(S(=O)(=O)c3cc(F)ccc3F)C1)COC2. The second-order valence-corrected chi connectivity index (χ2v) is 9.28. The van der Waals surface area contributed by atoms with Gasteiger partial charge >= 0.3 is 0 Å². The third-order valence-corrected chi connectivity index (χ3v) is 7.08. The molecule has 7 nitrogen and oxygen atoms in total. The number of halogens is 2. The molecule has 2 aliphatic heterocycles. The minimum atomic E-state index is -4.19. The van der Waals surface area contributed by atoms with Gasteiger partial charge in [0.1, 0.15) is 16.5 Å². The highest BCUT2D eigenvalue weighted by Gasteiger charge is 2.48. The maximum atomic E-state index is 14.1. The van der Waals surface area contributed by atoms with Gasteiger partial charge in [0.05, 0.1) is 24.3 Å². The molecule has 2 aromatic rings. The molecule has 1 aromatic heterocycles. The molecule has 1 atom stereocenters. The van der Waals surface area contributed by atoms with Crippen molar-refractivity contribution < 1.29 is 21.9 Å². The van der Waals surface area contributed by atoms with Crippen LogP contribution in [0.25, 0.3) is 0 Å². The van der Waals surface area contributed by atoms with E-state index >= 15 is 0 Å². The normalized spacial score (nSPS) is 22.4. The Bertz CT molecular complexity index is 1030. The van der Waals surface area contributed by atoms with Crippen molar-refractivity contribution in [1.29, 1.82) is 0 Å². The maximum Gasteiger partial charge on any atom is 0.246 e. The van der Waals surface area contributed by atoms with E-state index in [4.69, 9.17) is 4.74 Å². The number of benzene rings is 1. The van der Waals surface area contributed by atoms with Gasteiger partial charge < -0.3 is 9.64 Å². The smallest absolute Gasteiger partial charge is 0.246 e. The van der Waals surface area contributed by atoms with Crippen LogP contribution in [-0.2, 0) is 26.8 Å². The number of fused-ring (bicyclic) bond motifs is 2. The Morgan fingerprint density at radius 2 is 2.07 bits per heavy atom. The summed E-state index contributed by atoms with van der Waals surface area (Å²) < 4.78 is 60.4. The van der Waals surface area contributed by atoms with Crippen LogP contribution in [0.15, 0.2) is 29.3 Å². The molecule has 4 rings (SSSR count). The topological polar surface area (TPSA) is 75.6 Å². The van der Waals surface area contributed by atoms with Crippen LogP contribution >= 0.6 is 0 Å². The first-order valence-electron chi connectivity index (χ1n) is 8.80. The zero-order valence-electron chi connectivity index (χ0n) is 15.5. The van der Waals surface area contributed by atoms with Crippen LogP contribution in [0.4, 0.5) is 14.7 Å². The number of nitrogens with zero attached hydrogens (tertiary/aromatic N) is 4. The first kappa shape index (κ1) is 19.2. The molecule has 28 heavy (non-hydrogen) atoms. The third-order valence-electron chi connectivity index (χ3n) is 5.22. The van der Waals surface area contributed by atoms with Crippen molar-refractivity contribution >= 4 is 16.0 Å². The van der Waals surface area contributed by atoms with E-state index in [1.165, 1.54) is 4.31 Å². The van der Waals surface area contributed by atoms with Crippen LogP contribution in [0.1, 0.15) is 17.7 Å². The zero-order valence-corrected chi connectivity index (χ0v) is 16.3. The molecule has 0 bridgehead atoms. The van der Waals surface area contributed by atoms with E-state index in [9.17, 15) is 17.2 Å². The van der Waals surface area contributed by atoms with Crippen molar-refractivity contribution in [3.63, 3.8) is 0 Å². The van der Waals surface area contributed by atoms with Gasteiger partial charge in [0.2, 0.25) is 16.0 Å². The van der Waals surface area contributed by atoms with Gasteiger partial charge in [-0.3, -0.25) is 0 Å². The zero-order chi connectivity index (χ0) is 20.1. The van der Waals surface area contributed by atoms with Crippen LogP contribution in [0.5, 0.6) is 0 Å². The summed E-state index contributed by atoms with van der Waals surface area (Å²) in [5.74, 6) is -1.25. The number of anilines is 1. The van der Waals surface area contributed by atoms with Gasteiger partial charge in [-0.25, -0.2) is 27.2 Å². The maximum absolute atomic E-state index is 14.1. The van der Waals surface area contributed by atoms with Gasteiger partial charge in [-0.1, -0.05) is 0 Å². The fraction of sp³-hybridized carbons (Fsp3) is 0.444. The van der Waals surface area contributed by atoms with Crippen molar-refractivity contribution in [1.82, 2.24) is 14.3 Å². The quantitative estimate of drug-likeness (QED) is 0.767. The molecule has 1 spiro atoms. The number of aromatic nitrogens is 2. The lowest BCUT2D eigenvalue weighted by atomic mass is 9.81. The summed E-state index contributed by atoms with van der Waals surface area (Å²) in [5, 5.41) is 0. The fourth-order valence-corrected chi connectivity index (χ4v) is 5.37. The van der Waals surface area contributed by atoms with Gasteiger partial charge in [0.25, 0.3) is 0 Å². The summed E-state index contributed by atoms with van der Waals surface area (Å²) in [6.07, 6.45) is 2.17. The summed E-state index contributed by atoms with van der Waals surface area (Å²) in [4.78, 5) is 10.1. The first-order valence-corrected chi connectivity index (χ1v) is 10.2. The molecule has 2 aliphatic rings. The molecule has 150 valence electrons. The lowest BCUT2D eigenvalue weighted by molar-refractivity contribution is 0.0531. The molecule has 1 fully saturated rings. The van der Waals surface area contributed by atoms with Gasteiger partial charge in [-0.05, 0) is 24.6 Å². The van der Waals surface area contributed by atoms with E-state index in [-0.39, 0.29) is 13.1 Å². The predicted molar refractivity (Wildman–Crippen MR) is 97.4 cm³/mol. The Kier molecular flexibility index (Phi) is 4.59. The lowest BCUT2D eigenvalue weighted by Crippen LogP contribution is -2.42. The Balaban J connectivity index is 1.72. The summed E-state index contributed by atoms with van der Waals surface area (Å²) in [6.45, 7) is 0.919. The van der Waals surface area contributed by atoms with Crippen molar-refractivity contribution in [3.05, 3.63) is 47.3 Å². The van der Waals surface area contributed by atoms with Crippen LogP contribution in [0.3, 0.4) is 0 Å². The van der Waals surface area contributed by atoms with Crippen molar-refractivity contribution in [2.24, 2.45) is 0 Å². The van der Waals surface area contributed by atoms with E-state index in [2.05, 4.69) is 9.97 Å². The van der Waals surface area contributed by atoms with Crippen LogP contribution in [-0.4, -0.2) is 56.5 Å². The third kappa shape index (κ3) is 3.05. The van der Waals surface area contributed by atoms with Gasteiger partial charge in [0.15, 0.2) is 0 Å². The molecule has 0 aliphatic carbocycles. The molecule has 0 saturated carbocycles. The van der Waals surface area contributed by atoms with E-state index in [0.29, 0.717) is 31.6 Å². The van der Waals surface area contributed by atoms with Gasteiger partial charge in [0, 0.05) is 38.9 Å². The predicted octanol–water partition coefficient (Wildman–Crippen LogP) is 1.68. The number of sulfonamides is 1. The number of rotatable bonds is 3. The summed E-state index contributed by atoms with van der Waals surface area (Å²) >= 11 is 0. The molecule has 3 heterocycles. The second kappa shape index (κ2) is 6.71. The molecular formula is C18H20F2N4O3S. The minimum absolute atomic E-state index is 0.0855. The van der Waals surface area contributed by atoms with E-state index in [1.54, 1.807) is 11.1 Å². The Morgan fingerprint density at radius 1 is 1.29 bits per heavy atom.